The number of nitro groups is 1. The Morgan fingerprint density at radius 1 is 1.44 bits per heavy atom. The van der Waals surface area contributed by atoms with Crippen molar-refractivity contribution in [2.45, 2.75) is 13.1 Å². The van der Waals surface area contributed by atoms with Gasteiger partial charge in [-0.3, -0.25) is 19.7 Å². The van der Waals surface area contributed by atoms with Gasteiger partial charge in [-0.1, -0.05) is 12.1 Å². The van der Waals surface area contributed by atoms with E-state index in [0.717, 1.165) is 13.0 Å². The second-order valence-electron chi connectivity index (χ2n) is 3.14. The highest BCUT2D eigenvalue weighted by Gasteiger charge is 2.24. The standard InChI is InChI=1S/C10H8FNO4/c1-6(13)9(11)10(14)7-3-2-4-8(5-7)12(15)16/h2-5,9H,1H3. The highest BCUT2D eigenvalue weighted by atomic mass is 19.1. The Bertz CT molecular complexity index is 458. The van der Waals surface area contributed by atoms with Gasteiger partial charge in [-0.05, 0) is 6.92 Å². The highest BCUT2D eigenvalue weighted by Crippen LogP contribution is 2.15. The van der Waals surface area contributed by atoms with Crippen LogP contribution in [0.15, 0.2) is 24.3 Å². The molecule has 0 aliphatic heterocycles. The zero-order valence-corrected chi connectivity index (χ0v) is 8.34. The van der Waals surface area contributed by atoms with Crippen LogP contribution < -0.4 is 0 Å². The van der Waals surface area contributed by atoms with E-state index in [0.29, 0.717) is 0 Å². The third-order valence-electron chi connectivity index (χ3n) is 1.93. The van der Waals surface area contributed by atoms with Crippen LogP contribution in [0.2, 0.25) is 0 Å². The molecule has 5 nitrogen and oxygen atoms in total. The number of benzene rings is 1. The normalized spacial score (nSPS) is 11.9. The molecule has 84 valence electrons. The fourth-order valence-corrected chi connectivity index (χ4v) is 1.10. The number of halogens is 1. The molecule has 0 heterocycles. The van der Waals surface area contributed by atoms with Crippen LogP contribution in [0.1, 0.15) is 17.3 Å². The quantitative estimate of drug-likeness (QED) is 0.338. The monoisotopic (exact) mass is 225 g/mol. The van der Waals surface area contributed by atoms with Crippen LogP contribution in [0.4, 0.5) is 10.1 Å². The predicted molar refractivity (Wildman–Crippen MR) is 53.0 cm³/mol. The number of hydrogen-bond donors (Lipinski definition) is 0. The first kappa shape index (κ1) is 12.0. The summed E-state index contributed by atoms with van der Waals surface area (Å²) in [6.45, 7) is 0.944. The van der Waals surface area contributed by atoms with Crippen molar-refractivity contribution in [1.29, 1.82) is 0 Å². The number of nitro benzene ring substituents is 1. The van der Waals surface area contributed by atoms with Crippen LogP contribution in [0.25, 0.3) is 0 Å². The van der Waals surface area contributed by atoms with Gasteiger partial charge in [0.2, 0.25) is 12.0 Å². The number of carbonyl (C=O) groups excluding carboxylic acids is 2. The predicted octanol–water partition coefficient (Wildman–Crippen LogP) is 1.70. The topological polar surface area (TPSA) is 77.3 Å². The van der Waals surface area contributed by atoms with Gasteiger partial charge >= 0.3 is 0 Å². The molecule has 0 aliphatic carbocycles. The first-order valence-corrected chi connectivity index (χ1v) is 4.36. The molecule has 0 spiro atoms. The fourth-order valence-electron chi connectivity index (χ4n) is 1.10. The smallest absolute Gasteiger partial charge is 0.270 e. The van der Waals surface area contributed by atoms with Gasteiger partial charge in [0.05, 0.1) is 4.92 Å². The summed E-state index contributed by atoms with van der Waals surface area (Å²) in [4.78, 5) is 31.7. The van der Waals surface area contributed by atoms with E-state index in [9.17, 15) is 24.1 Å². The Balaban J connectivity index is 3.05. The van der Waals surface area contributed by atoms with Crippen LogP contribution in [0.5, 0.6) is 0 Å². The van der Waals surface area contributed by atoms with Crippen molar-refractivity contribution in [3.05, 3.63) is 39.9 Å². The van der Waals surface area contributed by atoms with Crippen molar-refractivity contribution < 1.29 is 18.9 Å². The van der Waals surface area contributed by atoms with Gasteiger partial charge in [0.1, 0.15) is 0 Å². The van der Waals surface area contributed by atoms with E-state index in [1.807, 2.05) is 0 Å². The van der Waals surface area contributed by atoms with Crippen LogP contribution in [-0.4, -0.2) is 22.7 Å². The molecule has 1 unspecified atom stereocenters. The molecule has 0 N–H and O–H groups in total. The number of carbonyl (C=O) groups is 2. The van der Waals surface area contributed by atoms with E-state index in [2.05, 4.69) is 0 Å². The van der Waals surface area contributed by atoms with E-state index in [4.69, 9.17) is 0 Å². The number of non-ortho nitro benzene ring substituents is 1. The molecule has 6 heteroatoms. The Morgan fingerprint density at radius 3 is 2.56 bits per heavy atom. The highest BCUT2D eigenvalue weighted by molar-refractivity contribution is 6.12. The van der Waals surface area contributed by atoms with Gasteiger partial charge in [-0.15, -0.1) is 0 Å². The summed E-state index contributed by atoms with van der Waals surface area (Å²) < 4.78 is 13.1. The van der Waals surface area contributed by atoms with E-state index >= 15 is 0 Å². The summed E-state index contributed by atoms with van der Waals surface area (Å²) in [5, 5.41) is 10.4. The lowest BCUT2D eigenvalue weighted by molar-refractivity contribution is -0.384. The number of rotatable bonds is 4. The second kappa shape index (κ2) is 4.61. The number of hydrogen-bond acceptors (Lipinski definition) is 4. The average Bonchev–Trinajstić information content (AvgIpc) is 2.27. The van der Waals surface area contributed by atoms with Gasteiger partial charge < -0.3 is 0 Å². The molecule has 0 radical (unpaired) electrons. The molecule has 0 amide bonds. The Morgan fingerprint density at radius 2 is 2.06 bits per heavy atom. The maximum absolute atomic E-state index is 13.1. The molecule has 16 heavy (non-hydrogen) atoms. The summed E-state index contributed by atoms with van der Waals surface area (Å²) in [5.74, 6) is -1.98. The molecule has 0 fully saturated rings. The third-order valence-corrected chi connectivity index (χ3v) is 1.93. The molecule has 1 aromatic rings. The zero-order valence-electron chi connectivity index (χ0n) is 8.34. The number of alkyl halides is 1. The second-order valence-corrected chi connectivity index (χ2v) is 3.14. The molecule has 0 aromatic heterocycles. The van der Waals surface area contributed by atoms with Crippen LogP contribution in [0, 0.1) is 10.1 Å². The Hall–Kier alpha value is -2.11. The van der Waals surface area contributed by atoms with Crippen molar-refractivity contribution in [1.82, 2.24) is 0 Å². The van der Waals surface area contributed by atoms with Crippen molar-refractivity contribution >= 4 is 17.3 Å². The van der Waals surface area contributed by atoms with Gasteiger partial charge in [-0.25, -0.2) is 4.39 Å². The lowest BCUT2D eigenvalue weighted by atomic mass is 10.0. The molecule has 0 bridgehead atoms. The number of ketones is 2. The third kappa shape index (κ3) is 2.47. The van der Waals surface area contributed by atoms with Crippen molar-refractivity contribution in [2.75, 3.05) is 0 Å². The maximum Gasteiger partial charge on any atom is 0.270 e. The summed E-state index contributed by atoms with van der Waals surface area (Å²) in [6.07, 6.45) is -2.26. The lowest BCUT2D eigenvalue weighted by Crippen LogP contribution is -2.23. The summed E-state index contributed by atoms with van der Waals surface area (Å²) in [6, 6.07) is 4.61. The van der Waals surface area contributed by atoms with E-state index < -0.39 is 22.7 Å². The molecule has 0 saturated carbocycles. The van der Waals surface area contributed by atoms with E-state index in [1.165, 1.54) is 18.2 Å². The van der Waals surface area contributed by atoms with E-state index in [1.54, 1.807) is 0 Å². The zero-order chi connectivity index (χ0) is 12.3. The fraction of sp³-hybridized carbons (Fsp3) is 0.200. The Labute approximate surface area is 90.0 Å². The van der Waals surface area contributed by atoms with Crippen molar-refractivity contribution in [3.63, 3.8) is 0 Å². The first-order chi connectivity index (χ1) is 7.43. The lowest BCUT2D eigenvalue weighted by Gasteiger charge is -2.02. The Kier molecular flexibility index (Phi) is 3.44. The molecular formula is C10H8FNO4. The molecule has 1 atom stereocenters. The molecular weight excluding hydrogens is 217 g/mol. The van der Waals surface area contributed by atoms with Gasteiger partial charge in [-0.2, -0.15) is 0 Å². The minimum atomic E-state index is -2.26. The van der Waals surface area contributed by atoms with Gasteiger partial charge in [0.15, 0.2) is 5.78 Å². The van der Waals surface area contributed by atoms with Crippen LogP contribution in [-0.2, 0) is 4.79 Å². The molecule has 1 aromatic carbocycles. The van der Waals surface area contributed by atoms with Crippen LogP contribution >= 0.6 is 0 Å². The summed E-state index contributed by atoms with van der Waals surface area (Å²) >= 11 is 0. The molecule has 1 rings (SSSR count). The number of nitrogens with zero attached hydrogens (tertiary/aromatic N) is 1. The van der Waals surface area contributed by atoms with Gasteiger partial charge in [0, 0.05) is 17.7 Å². The van der Waals surface area contributed by atoms with Crippen molar-refractivity contribution in [2.24, 2.45) is 0 Å². The molecule has 0 aliphatic rings. The SMILES string of the molecule is CC(=O)C(F)C(=O)c1cccc([N+](=O)[O-])c1. The summed E-state index contributed by atoms with van der Waals surface area (Å²) in [7, 11) is 0. The van der Waals surface area contributed by atoms with Gasteiger partial charge in [0.25, 0.3) is 5.69 Å². The van der Waals surface area contributed by atoms with E-state index in [-0.39, 0.29) is 11.3 Å². The first-order valence-electron chi connectivity index (χ1n) is 4.36. The minimum absolute atomic E-state index is 0.183. The van der Waals surface area contributed by atoms with Crippen molar-refractivity contribution in [3.8, 4) is 0 Å². The average molecular weight is 225 g/mol. The number of Topliss-reactive ketones (excluding diaryl/α,β-unsaturated/α-hetero) is 2. The largest absolute Gasteiger partial charge is 0.296 e. The minimum Gasteiger partial charge on any atom is -0.296 e. The maximum atomic E-state index is 13.1. The van der Waals surface area contributed by atoms with Crippen LogP contribution in [0.3, 0.4) is 0 Å². The molecule has 0 saturated heterocycles. The summed E-state index contributed by atoms with van der Waals surface area (Å²) in [5.41, 5.74) is -0.501.